The van der Waals surface area contributed by atoms with Crippen molar-refractivity contribution in [3.8, 4) is 11.1 Å². The molecule has 7 nitrogen and oxygen atoms in total. The summed E-state index contributed by atoms with van der Waals surface area (Å²) in [6.07, 6.45) is 3.56. The lowest BCUT2D eigenvalue weighted by Gasteiger charge is -2.33. The van der Waals surface area contributed by atoms with Crippen molar-refractivity contribution in [2.24, 2.45) is 0 Å². The number of amides is 2. The van der Waals surface area contributed by atoms with Gasteiger partial charge in [0.1, 0.15) is 11.8 Å². The molecule has 1 fully saturated rings. The Morgan fingerprint density at radius 3 is 2.42 bits per heavy atom. The van der Waals surface area contributed by atoms with E-state index in [9.17, 15) is 9.59 Å². The number of nitrogens with one attached hydrogen (secondary N) is 1. The van der Waals surface area contributed by atoms with Gasteiger partial charge in [0.25, 0.3) is 5.91 Å². The molecule has 1 aliphatic rings. The van der Waals surface area contributed by atoms with E-state index in [2.05, 4.69) is 41.3 Å². The molecule has 1 saturated heterocycles. The van der Waals surface area contributed by atoms with Crippen LogP contribution in [0.5, 0.6) is 0 Å². The number of ether oxygens (including phenoxy) is 1. The summed E-state index contributed by atoms with van der Waals surface area (Å²) >= 11 is 0. The van der Waals surface area contributed by atoms with Gasteiger partial charge in [0.15, 0.2) is 0 Å². The highest BCUT2D eigenvalue weighted by Gasteiger charge is 2.26. The molecule has 0 saturated carbocycles. The standard InChI is InChI=1S/C26H28N4O3/c1-17-4-5-19(12-18(17)2)13-25(31)30-10-11-33-24(16-30)22-8-6-20(14-28-22)21-7-9-23(29-15-21)26(32)27-3/h4-9,12,14-15,24H,10-11,13,16H2,1-3H3,(H,27,32)/t24-/m0/s1. The molecule has 7 heteroatoms. The van der Waals surface area contributed by atoms with Crippen LogP contribution in [0.4, 0.5) is 0 Å². The first-order chi connectivity index (χ1) is 15.9. The van der Waals surface area contributed by atoms with Crippen LogP contribution in [0, 0.1) is 13.8 Å². The number of hydrogen-bond acceptors (Lipinski definition) is 5. The quantitative estimate of drug-likeness (QED) is 0.653. The Hall–Kier alpha value is -3.58. The molecular weight excluding hydrogens is 416 g/mol. The maximum Gasteiger partial charge on any atom is 0.269 e. The number of carbonyl (C=O) groups excluding carboxylic acids is 2. The Morgan fingerprint density at radius 1 is 1.03 bits per heavy atom. The molecule has 0 bridgehead atoms. The molecule has 3 aromatic rings. The smallest absolute Gasteiger partial charge is 0.269 e. The van der Waals surface area contributed by atoms with Gasteiger partial charge >= 0.3 is 0 Å². The average Bonchev–Trinajstić information content (AvgIpc) is 2.86. The van der Waals surface area contributed by atoms with Gasteiger partial charge in [-0.05, 0) is 42.7 Å². The van der Waals surface area contributed by atoms with E-state index in [0.717, 1.165) is 22.4 Å². The topological polar surface area (TPSA) is 84.4 Å². The van der Waals surface area contributed by atoms with Crippen molar-refractivity contribution in [2.45, 2.75) is 26.4 Å². The van der Waals surface area contributed by atoms with Gasteiger partial charge in [-0.15, -0.1) is 0 Å². The van der Waals surface area contributed by atoms with E-state index in [-0.39, 0.29) is 17.9 Å². The van der Waals surface area contributed by atoms with Crippen molar-refractivity contribution in [3.63, 3.8) is 0 Å². The monoisotopic (exact) mass is 444 g/mol. The van der Waals surface area contributed by atoms with Crippen molar-refractivity contribution in [3.05, 3.63) is 82.9 Å². The van der Waals surface area contributed by atoms with E-state index in [1.54, 1.807) is 25.5 Å². The minimum atomic E-state index is -0.259. The second-order valence-electron chi connectivity index (χ2n) is 8.28. The lowest BCUT2D eigenvalue weighted by Crippen LogP contribution is -2.43. The fraction of sp³-hybridized carbons (Fsp3) is 0.308. The number of carbonyl (C=O) groups is 2. The molecule has 3 heterocycles. The van der Waals surface area contributed by atoms with Crippen molar-refractivity contribution >= 4 is 11.8 Å². The van der Waals surface area contributed by atoms with Crippen LogP contribution in [0.25, 0.3) is 11.1 Å². The zero-order valence-electron chi connectivity index (χ0n) is 19.2. The Kier molecular flexibility index (Phi) is 6.79. The largest absolute Gasteiger partial charge is 0.368 e. The number of benzene rings is 1. The van der Waals surface area contributed by atoms with E-state index < -0.39 is 0 Å². The Morgan fingerprint density at radius 2 is 1.79 bits per heavy atom. The van der Waals surface area contributed by atoms with Gasteiger partial charge in [-0.25, -0.2) is 0 Å². The Bertz CT molecular complexity index is 1140. The molecule has 1 aromatic carbocycles. The summed E-state index contributed by atoms with van der Waals surface area (Å²) in [5, 5.41) is 2.56. The van der Waals surface area contributed by atoms with Gasteiger partial charge in [0.2, 0.25) is 5.91 Å². The number of pyridine rings is 2. The normalized spacial score (nSPS) is 15.8. The summed E-state index contributed by atoms with van der Waals surface area (Å²) in [6, 6.07) is 13.6. The van der Waals surface area contributed by atoms with Gasteiger partial charge in [0, 0.05) is 37.1 Å². The van der Waals surface area contributed by atoms with Gasteiger partial charge < -0.3 is 15.0 Å². The van der Waals surface area contributed by atoms with Crippen molar-refractivity contribution < 1.29 is 14.3 Å². The highest BCUT2D eigenvalue weighted by atomic mass is 16.5. The lowest BCUT2D eigenvalue weighted by molar-refractivity contribution is -0.138. The zero-order valence-corrected chi connectivity index (χ0v) is 19.2. The first-order valence-corrected chi connectivity index (χ1v) is 11.0. The summed E-state index contributed by atoms with van der Waals surface area (Å²) in [6.45, 7) is 5.69. The molecule has 2 amide bonds. The van der Waals surface area contributed by atoms with Crippen LogP contribution < -0.4 is 5.32 Å². The summed E-state index contributed by atoms with van der Waals surface area (Å²) in [5.41, 5.74) is 6.38. The van der Waals surface area contributed by atoms with Crippen LogP contribution in [0.3, 0.4) is 0 Å². The van der Waals surface area contributed by atoms with Gasteiger partial charge in [-0.3, -0.25) is 19.6 Å². The molecule has 0 aliphatic carbocycles. The second kappa shape index (κ2) is 9.92. The third-order valence-electron chi connectivity index (χ3n) is 6.02. The highest BCUT2D eigenvalue weighted by Crippen LogP contribution is 2.24. The molecular formula is C26H28N4O3. The fourth-order valence-corrected chi connectivity index (χ4v) is 3.85. The minimum Gasteiger partial charge on any atom is -0.368 e. The van der Waals surface area contributed by atoms with Gasteiger partial charge in [-0.1, -0.05) is 30.3 Å². The number of nitrogens with zero attached hydrogens (tertiary/aromatic N) is 3. The first-order valence-electron chi connectivity index (χ1n) is 11.0. The number of aromatic nitrogens is 2. The molecule has 1 N–H and O–H groups in total. The number of rotatable bonds is 5. The average molecular weight is 445 g/mol. The van der Waals surface area contributed by atoms with Crippen LogP contribution in [0.2, 0.25) is 0 Å². The lowest BCUT2D eigenvalue weighted by atomic mass is 10.0. The molecule has 2 aromatic heterocycles. The molecule has 0 unspecified atom stereocenters. The molecule has 1 atom stereocenters. The van der Waals surface area contributed by atoms with Crippen LogP contribution in [0.15, 0.2) is 54.9 Å². The van der Waals surface area contributed by atoms with Crippen LogP contribution in [-0.4, -0.2) is 53.4 Å². The number of morpholine rings is 1. The van der Waals surface area contributed by atoms with E-state index in [0.29, 0.717) is 31.8 Å². The molecule has 0 spiro atoms. The second-order valence-corrected chi connectivity index (χ2v) is 8.28. The van der Waals surface area contributed by atoms with Crippen molar-refractivity contribution in [2.75, 3.05) is 26.7 Å². The molecule has 0 radical (unpaired) electrons. The Labute approximate surface area is 193 Å². The summed E-state index contributed by atoms with van der Waals surface area (Å²) in [4.78, 5) is 35.2. The molecule has 33 heavy (non-hydrogen) atoms. The van der Waals surface area contributed by atoms with Gasteiger partial charge in [-0.2, -0.15) is 0 Å². The number of aryl methyl sites for hydroxylation is 2. The first kappa shape index (κ1) is 22.6. The Balaban J connectivity index is 1.41. The highest BCUT2D eigenvalue weighted by molar-refractivity contribution is 5.92. The van der Waals surface area contributed by atoms with Crippen molar-refractivity contribution in [1.82, 2.24) is 20.2 Å². The maximum atomic E-state index is 12.9. The van der Waals surface area contributed by atoms with Crippen LogP contribution >= 0.6 is 0 Å². The minimum absolute atomic E-state index is 0.102. The van der Waals surface area contributed by atoms with E-state index in [1.807, 2.05) is 29.2 Å². The summed E-state index contributed by atoms with van der Waals surface area (Å²) in [7, 11) is 1.58. The predicted octanol–water partition coefficient (Wildman–Crippen LogP) is 3.26. The van der Waals surface area contributed by atoms with E-state index in [1.165, 1.54) is 11.1 Å². The SMILES string of the molecule is CNC(=O)c1ccc(-c2ccc([C@@H]3CN(C(=O)Cc4ccc(C)c(C)c4)CCO3)nc2)cn1. The third-order valence-corrected chi connectivity index (χ3v) is 6.02. The summed E-state index contributed by atoms with van der Waals surface area (Å²) in [5.74, 6) is -0.119. The number of hydrogen-bond donors (Lipinski definition) is 1. The molecule has 1 aliphatic heterocycles. The molecule has 170 valence electrons. The van der Waals surface area contributed by atoms with Crippen molar-refractivity contribution in [1.29, 1.82) is 0 Å². The fourth-order valence-electron chi connectivity index (χ4n) is 3.85. The predicted molar refractivity (Wildman–Crippen MR) is 126 cm³/mol. The third kappa shape index (κ3) is 5.26. The van der Waals surface area contributed by atoms with Crippen LogP contribution in [-0.2, 0) is 16.0 Å². The van der Waals surface area contributed by atoms with Crippen LogP contribution in [0.1, 0.15) is 39.0 Å². The van der Waals surface area contributed by atoms with E-state index >= 15 is 0 Å². The van der Waals surface area contributed by atoms with E-state index in [4.69, 9.17) is 4.74 Å². The van der Waals surface area contributed by atoms with Gasteiger partial charge in [0.05, 0.1) is 25.3 Å². The summed E-state index contributed by atoms with van der Waals surface area (Å²) < 4.78 is 5.92. The maximum absolute atomic E-state index is 12.9. The molecule has 4 rings (SSSR count). The zero-order chi connectivity index (χ0) is 23.4.